The summed E-state index contributed by atoms with van der Waals surface area (Å²) in [6.45, 7) is 8.72. The molecule has 1 aromatic carbocycles. The number of ether oxygens (including phenoxy) is 1. The maximum atomic E-state index is 5.97. The molecule has 3 heteroatoms. The van der Waals surface area contributed by atoms with E-state index in [0.29, 0.717) is 11.4 Å². The number of pyridine rings is 1. The Bertz CT molecular complexity index is 600. The van der Waals surface area contributed by atoms with Crippen molar-refractivity contribution in [2.24, 2.45) is 0 Å². The first-order valence-electron chi connectivity index (χ1n) is 6.92. The molecule has 0 aliphatic heterocycles. The summed E-state index contributed by atoms with van der Waals surface area (Å²) >= 11 is 0. The van der Waals surface area contributed by atoms with Gasteiger partial charge in [0.25, 0.3) is 0 Å². The summed E-state index contributed by atoms with van der Waals surface area (Å²) < 4.78 is 5.97. The van der Waals surface area contributed by atoms with Crippen LogP contribution in [0.5, 0.6) is 11.5 Å². The third-order valence-electron chi connectivity index (χ3n) is 3.22. The predicted molar refractivity (Wildman–Crippen MR) is 83.2 cm³/mol. The molecule has 0 bridgehead atoms. The maximum Gasteiger partial charge on any atom is 0.147 e. The first kappa shape index (κ1) is 14.4. The van der Waals surface area contributed by atoms with Crippen LogP contribution in [0.2, 0.25) is 0 Å². The summed E-state index contributed by atoms with van der Waals surface area (Å²) in [5, 5.41) is 0. The molecule has 0 aliphatic carbocycles. The summed E-state index contributed by atoms with van der Waals surface area (Å²) in [6, 6.07) is 8.13. The molecule has 0 fully saturated rings. The number of hydrogen-bond donors (Lipinski definition) is 1. The molecule has 0 amide bonds. The summed E-state index contributed by atoms with van der Waals surface area (Å²) in [6.07, 6.45) is 4.30. The lowest BCUT2D eigenvalue weighted by Crippen LogP contribution is -2.13. The monoisotopic (exact) mass is 270 g/mol. The van der Waals surface area contributed by atoms with Crippen molar-refractivity contribution in [2.75, 3.05) is 5.73 Å². The summed E-state index contributed by atoms with van der Waals surface area (Å²) in [7, 11) is 0. The lowest BCUT2D eigenvalue weighted by atomic mass is 9.85. The fourth-order valence-corrected chi connectivity index (χ4v) is 2.09. The first-order valence-corrected chi connectivity index (χ1v) is 6.92. The number of hydrogen-bond acceptors (Lipinski definition) is 3. The van der Waals surface area contributed by atoms with Crippen LogP contribution in [0, 0.1) is 0 Å². The van der Waals surface area contributed by atoms with Gasteiger partial charge in [-0.3, -0.25) is 4.98 Å². The lowest BCUT2D eigenvalue weighted by molar-refractivity contribution is 0.453. The predicted octanol–water partition coefficient (Wildman–Crippen LogP) is 4.32. The molecule has 0 saturated heterocycles. The molecule has 106 valence electrons. The Morgan fingerprint density at radius 3 is 2.50 bits per heavy atom. The van der Waals surface area contributed by atoms with E-state index in [-0.39, 0.29) is 5.41 Å². The standard InChI is InChI=1S/C17H22N2O/c1-5-12-6-7-16(15(8-12)17(2,3)4)20-14-9-13(18)10-19-11-14/h6-11H,5,18H2,1-4H3. The third kappa shape index (κ3) is 3.29. The highest BCUT2D eigenvalue weighted by Crippen LogP contribution is 2.35. The van der Waals surface area contributed by atoms with Crippen molar-refractivity contribution >= 4 is 5.69 Å². The van der Waals surface area contributed by atoms with Crippen molar-refractivity contribution < 1.29 is 4.74 Å². The molecule has 3 nitrogen and oxygen atoms in total. The fourth-order valence-electron chi connectivity index (χ4n) is 2.09. The number of aromatic nitrogens is 1. The van der Waals surface area contributed by atoms with Crippen molar-refractivity contribution in [3.63, 3.8) is 0 Å². The van der Waals surface area contributed by atoms with E-state index in [1.54, 1.807) is 18.5 Å². The molecule has 0 spiro atoms. The maximum absolute atomic E-state index is 5.97. The third-order valence-corrected chi connectivity index (χ3v) is 3.22. The molecule has 1 aromatic heterocycles. The SMILES string of the molecule is CCc1ccc(Oc2cncc(N)c2)c(C(C)(C)C)c1. The largest absolute Gasteiger partial charge is 0.455 e. The van der Waals surface area contributed by atoms with Gasteiger partial charge in [0.15, 0.2) is 0 Å². The molecule has 2 rings (SSSR count). The van der Waals surface area contributed by atoms with E-state index in [0.717, 1.165) is 12.2 Å². The van der Waals surface area contributed by atoms with Crippen LogP contribution in [0.4, 0.5) is 5.69 Å². The number of nitrogen functional groups attached to an aromatic ring is 1. The van der Waals surface area contributed by atoms with E-state index in [1.165, 1.54) is 11.1 Å². The molecule has 0 aliphatic rings. The van der Waals surface area contributed by atoms with Crippen LogP contribution < -0.4 is 10.5 Å². The highest BCUT2D eigenvalue weighted by atomic mass is 16.5. The van der Waals surface area contributed by atoms with Gasteiger partial charge in [0.1, 0.15) is 11.5 Å². The first-order chi connectivity index (χ1) is 9.40. The Balaban J connectivity index is 2.41. The van der Waals surface area contributed by atoms with Gasteiger partial charge in [-0.25, -0.2) is 0 Å². The van der Waals surface area contributed by atoms with Crippen LogP contribution in [0.3, 0.4) is 0 Å². The van der Waals surface area contributed by atoms with Gasteiger partial charge in [0.2, 0.25) is 0 Å². The van der Waals surface area contributed by atoms with Crippen molar-refractivity contribution in [1.29, 1.82) is 0 Å². The summed E-state index contributed by atoms with van der Waals surface area (Å²) in [5.41, 5.74) is 8.87. The van der Waals surface area contributed by atoms with E-state index in [1.807, 2.05) is 6.07 Å². The smallest absolute Gasteiger partial charge is 0.147 e. The van der Waals surface area contributed by atoms with Crippen molar-refractivity contribution in [2.45, 2.75) is 39.5 Å². The van der Waals surface area contributed by atoms with Gasteiger partial charge >= 0.3 is 0 Å². The van der Waals surface area contributed by atoms with Crippen LogP contribution in [0.15, 0.2) is 36.7 Å². The number of aryl methyl sites for hydroxylation is 1. The van der Waals surface area contributed by atoms with Crippen molar-refractivity contribution in [3.8, 4) is 11.5 Å². The molecular weight excluding hydrogens is 248 g/mol. The van der Waals surface area contributed by atoms with Gasteiger partial charge in [0.05, 0.1) is 18.1 Å². The van der Waals surface area contributed by atoms with Gasteiger partial charge < -0.3 is 10.5 Å². The number of rotatable bonds is 3. The van der Waals surface area contributed by atoms with Crippen LogP contribution in [0.25, 0.3) is 0 Å². The van der Waals surface area contributed by atoms with E-state index in [2.05, 4.69) is 44.8 Å². The molecule has 0 unspecified atom stereocenters. The summed E-state index contributed by atoms with van der Waals surface area (Å²) in [4.78, 5) is 4.06. The van der Waals surface area contributed by atoms with E-state index in [4.69, 9.17) is 10.5 Å². The van der Waals surface area contributed by atoms with Crippen LogP contribution in [0.1, 0.15) is 38.8 Å². The molecule has 2 N–H and O–H groups in total. The van der Waals surface area contributed by atoms with E-state index < -0.39 is 0 Å². The fraction of sp³-hybridized carbons (Fsp3) is 0.353. The Morgan fingerprint density at radius 1 is 1.15 bits per heavy atom. The van der Waals surface area contributed by atoms with Crippen molar-refractivity contribution in [3.05, 3.63) is 47.8 Å². The van der Waals surface area contributed by atoms with Gasteiger partial charge in [-0.05, 0) is 23.5 Å². The van der Waals surface area contributed by atoms with Gasteiger partial charge in [-0.2, -0.15) is 0 Å². The second-order valence-corrected chi connectivity index (χ2v) is 5.99. The number of anilines is 1. The minimum Gasteiger partial charge on any atom is -0.455 e. The quantitative estimate of drug-likeness (QED) is 0.903. The average Bonchev–Trinajstić information content (AvgIpc) is 2.38. The molecule has 1 heterocycles. The Morgan fingerprint density at radius 2 is 1.90 bits per heavy atom. The normalized spacial score (nSPS) is 11.4. The topological polar surface area (TPSA) is 48.1 Å². The molecule has 0 radical (unpaired) electrons. The van der Waals surface area contributed by atoms with Crippen LogP contribution in [-0.2, 0) is 11.8 Å². The van der Waals surface area contributed by atoms with E-state index >= 15 is 0 Å². The zero-order chi connectivity index (χ0) is 14.8. The van der Waals surface area contributed by atoms with Gasteiger partial charge in [0, 0.05) is 11.6 Å². The Labute approximate surface area is 120 Å². The zero-order valence-corrected chi connectivity index (χ0v) is 12.6. The number of nitrogens with zero attached hydrogens (tertiary/aromatic N) is 1. The van der Waals surface area contributed by atoms with Gasteiger partial charge in [-0.15, -0.1) is 0 Å². The molecule has 2 aromatic rings. The number of benzene rings is 1. The average molecular weight is 270 g/mol. The lowest BCUT2D eigenvalue weighted by Gasteiger charge is -2.23. The van der Waals surface area contributed by atoms with Crippen LogP contribution in [-0.4, -0.2) is 4.98 Å². The molecule has 0 atom stereocenters. The second kappa shape index (κ2) is 5.53. The molecule has 0 saturated carbocycles. The number of nitrogens with two attached hydrogens (primary N) is 1. The highest BCUT2D eigenvalue weighted by Gasteiger charge is 2.20. The minimum atomic E-state index is 0.0221. The minimum absolute atomic E-state index is 0.0221. The Kier molecular flexibility index (Phi) is 3.98. The van der Waals surface area contributed by atoms with Crippen molar-refractivity contribution in [1.82, 2.24) is 4.98 Å². The second-order valence-electron chi connectivity index (χ2n) is 5.99. The molecular formula is C17H22N2O. The molecule has 20 heavy (non-hydrogen) atoms. The van der Waals surface area contributed by atoms with E-state index in [9.17, 15) is 0 Å². The Hall–Kier alpha value is -2.03. The summed E-state index contributed by atoms with van der Waals surface area (Å²) in [5.74, 6) is 1.53. The van der Waals surface area contributed by atoms with Gasteiger partial charge in [-0.1, -0.05) is 39.8 Å². The highest BCUT2D eigenvalue weighted by molar-refractivity contribution is 5.46. The zero-order valence-electron chi connectivity index (χ0n) is 12.6. The van der Waals surface area contributed by atoms with Crippen LogP contribution >= 0.6 is 0 Å².